The summed E-state index contributed by atoms with van der Waals surface area (Å²) < 4.78 is 10.5. The van der Waals surface area contributed by atoms with Crippen LogP contribution >= 0.6 is 0 Å². The zero-order valence-corrected chi connectivity index (χ0v) is 10.3. The maximum absolute atomic E-state index is 10.6. The van der Waals surface area contributed by atoms with Gasteiger partial charge in [-0.2, -0.15) is 0 Å². The van der Waals surface area contributed by atoms with E-state index in [1.807, 2.05) is 18.2 Å². The highest BCUT2D eigenvalue weighted by Gasteiger charge is 2.31. The monoisotopic (exact) mass is 237 g/mol. The van der Waals surface area contributed by atoms with Crippen molar-refractivity contribution in [3.63, 3.8) is 0 Å². The number of ether oxygens (including phenoxy) is 2. The SMILES string of the molecule is COc1cc(OC)cc(C2(O)CCNCC2)c1. The summed E-state index contributed by atoms with van der Waals surface area (Å²) in [5.41, 5.74) is 0.0998. The minimum Gasteiger partial charge on any atom is -0.497 e. The Kier molecular flexibility index (Phi) is 3.54. The first kappa shape index (κ1) is 12.2. The van der Waals surface area contributed by atoms with Crippen molar-refractivity contribution >= 4 is 0 Å². The van der Waals surface area contributed by atoms with Crippen LogP contribution in [0.3, 0.4) is 0 Å². The molecule has 0 bridgehead atoms. The van der Waals surface area contributed by atoms with Crippen molar-refractivity contribution in [1.29, 1.82) is 0 Å². The predicted molar refractivity (Wildman–Crippen MR) is 65.5 cm³/mol. The molecule has 1 fully saturated rings. The van der Waals surface area contributed by atoms with Gasteiger partial charge in [-0.05, 0) is 43.6 Å². The quantitative estimate of drug-likeness (QED) is 0.831. The van der Waals surface area contributed by atoms with Gasteiger partial charge in [0.25, 0.3) is 0 Å². The highest BCUT2D eigenvalue weighted by molar-refractivity contribution is 5.41. The van der Waals surface area contributed by atoms with Crippen molar-refractivity contribution in [2.24, 2.45) is 0 Å². The first-order valence-corrected chi connectivity index (χ1v) is 5.84. The summed E-state index contributed by atoms with van der Waals surface area (Å²) in [6.07, 6.45) is 1.42. The second-order valence-corrected chi connectivity index (χ2v) is 4.38. The Hall–Kier alpha value is -1.26. The van der Waals surface area contributed by atoms with Crippen LogP contribution in [0.5, 0.6) is 11.5 Å². The predicted octanol–water partition coefficient (Wildman–Crippen LogP) is 1.27. The first-order chi connectivity index (χ1) is 8.18. The lowest BCUT2D eigenvalue weighted by Crippen LogP contribution is -2.39. The van der Waals surface area contributed by atoms with E-state index in [1.165, 1.54) is 0 Å². The summed E-state index contributed by atoms with van der Waals surface area (Å²) in [6.45, 7) is 1.66. The Bertz CT molecular complexity index is 364. The molecule has 4 heteroatoms. The van der Waals surface area contributed by atoms with Gasteiger partial charge in [0.2, 0.25) is 0 Å². The van der Waals surface area contributed by atoms with E-state index in [0.717, 1.165) is 18.7 Å². The van der Waals surface area contributed by atoms with E-state index >= 15 is 0 Å². The summed E-state index contributed by atoms with van der Waals surface area (Å²) >= 11 is 0. The lowest BCUT2D eigenvalue weighted by molar-refractivity contribution is 0.00559. The summed E-state index contributed by atoms with van der Waals surface area (Å²) in [7, 11) is 3.23. The molecule has 1 aliphatic rings. The molecule has 1 aromatic rings. The van der Waals surface area contributed by atoms with Gasteiger partial charge in [0.1, 0.15) is 11.5 Å². The topological polar surface area (TPSA) is 50.7 Å². The average Bonchev–Trinajstić information content (AvgIpc) is 2.39. The first-order valence-electron chi connectivity index (χ1n) is 5.84. The van der Waals surface area contributed by atoms with Crippen LogP contribution in [-0.4, -0.2) is 32.4 Å². The second kappa shape index (κ2) is 4.94. The van der Waals surface area contributed by atoms with Crippen molar-refractivity contribution in [2.75, 3.05) is 27.3 Å². The molecule has 1 aromatic carbocycles. The number of nitrogens with one attached hydrogen (secondary N) is 1. The molecule has 0 unspecified atom stereocenters. The number of hydrogen-bond acceptors (Lipinski definition) is 4. The molecule has 0 aromatic heterocycles. The molecule has 1 heterocycles. The highest BCUT2D eigenvalue weighted by atomic mass is 16.5. The van der Waals surface area contributed by atoms with E-state index in [2.05, 4.69) is 5.32 Å². The zero-order valence-electron chi connectivity index (χ0n) is 10.3. The molecule has 2 N–H and O–H groups in total. The van der Waals surface area contributed by atoms with Crippen molar-refractivity contribution < 1.29 is 14.6 Å². The van der Waals surface area contributed by atoms with Crippen LogP contribution in [0, 0.1) is 0 Å². The van der Waals surface area contributed by atoms with Crippen molar-refractivity contribution in [1.82, 2.24) is 5.32 Å². The van der Waals surface area contributed by atoms with Crippen LogP contribution in [0.15, 0.2) is 18.2 Å². The van der Waals surface area contributed by atoms with Crippen LogP contribution in [0.1, 0.15) is 18.4 Å². The molecule has 0 amide bonds. The summed E-state index contributed by atoms with van der Waals surface area (Å²) in [6, 6.07) is 5.58. The largest absolute Gasteiger partial charge is 0.497 e. The molecule has 0 aliphatic carbocycles. The van der Waals surface area contributed by atoms with E-state index in [0.29, 0.717) is 24.3 Å². The number of hydrogen-bond donors (Lipinski definition) is 2. The van der Waals surface area contributed by atoms with E-state index in [9.17, 15) is 5.11 Å². The molecule has 4 nitrogen and oxygen atoms in total. The molecular weight excluding hydrogens is 218 g/mol. The van der Waals surface area contributed by atoms with Gasteiger partial charge in [-0.15, -0.1) is 0 Å². The molecule has 94 valence electrons. The van der Waals surface area contributed by atoms with Crippen LogP contribution in [0.4, 0.5) is 0 Å². The lowest BCUT2D eigenvalue weighted by Gasteiger charge is -2.33. The number of aliphatic hydroxyl groups is 1. The number of benzene rings is 1. The minimum atomic E-state index is -0.771. The second-order valence-electron chi connectivity index (χ2n) is 4.38. The lowest BCUT2D eigenvalue weighted by atomic mass is 9.85. The third-order valence-corrected chi connectivity index (χ3v) is 3.32. The average molecular weight is 237 g/mol. The number of methoxy groups -OCH3 is 2. The summed E-state index contributed by atoms with van der Waals surface area (Å²) in [4.78, 5) is 0. The molecule has 0 atom stereocenters. The van der Waals surface area contributed by atoms with Crippen molar-refractivity contribution in [2.45, 2.75) is 18.4 Å². The molecule has 0 saturated carbocycles. The van der Waals surface area contributed by atoms with Gasteiger partial charge >= 0.3 is 0 Å². The fraction of sp³-hybridized carbons (Fsp3) is 0.538. The van der Waals surface area contributed by atoms with Crippen molar-refractivity contribution in [3.05, 3.63) is 23.8 Å². The van der Waals surface area contributed by atoms with Crippen molar-refractivity contribution in [3.8, 4) is 11.5 Å². The smallest absolute Gasteiger partial charge is 0.122 e. The Morgan fingerprint density at radius 3 is 2.06 bits per heavy atom. The van der Waals surface area contributed by atoms with Gasteiger partial charge in [-0.3, -0.25) is 0 Å². The van der Waals surface area contributed by atoms with Crippen LogP contribution in [0.2, 0.25) is 0 Å². The van der Waals surface area contributed by atoms with E-state index in [1.54, 1.807) is 14.2 Å². The Balaban J connectivity index is 2.35. The number of piperidine rings is 1. The Morgan fingerprint density at radius 1 is 1.06 bits per heavy atom. The molecule has 1 saturated heterocycles. The van der Waals surface area contributed by atoms with Gasteiger partial charge in [0, 0.05) is 6.07 Å². The van der Waals surface area contributed by atoms with E-state index < -0.39 is 5.60 Å². The standard InChI is InChI=1S/C13H19NO3/c1-16-11-7-10(8-12(9-11)17-2)13(15)3-5-14-6-4-13/h7-9,14-15H,3-6H2,1-2H3. The van der Waals surface area contributed by atoms with Gasteiger partial charge in [-0.1, -0.05) is 0 Å². The van der Waals surface area contributed by atoms with Gasteiger partial charge in [0.05, 0.1) is 19.8 Å². The maximum atomic E-state index is 10.6. The van der Waals surface area contributed by atoms with Crippen LogP contribution in [-0.2, 0) is 5.60 Å². The van der Waals surface area contributed by atoms with Gasteiger partial charge in [0.15, 0.2) is 0 Å². The molecule has 17 heavy (non-hydrogen) atoms. The Labute approximate surface area is 102 Å². The summed E-state index contributed by atoms with van der Waals surface area (Å²) in [5.74, 6) is 1.43. The van der Waals surface area contributed by atoms with Gasteiger partial charge in [-0.25, -0.2) is 0 Å². The minimum absolute atomic E-state index is 0.712. The number of rotatable bonds is 3. The molecule has 1 aliphatic heterocycles. The van der Waals surface area contributed by atoms with Gasteiger partial charge < -0.3 is 19.9 Å². The van der Waals surface area contributed by atoms with Crippen LogP contribution < -0.4 is 14.8 Å². The van der Waals surface area contributed by atoms with E-state index in [-0.39, 0.29) is 0 Å². The highest BCUT2D eigenvalue weighted by Crippen LogP contribution is 2.35. The molecular formula is C13H19NO3. The zero-order chi connectivity index (χ0) is 12.3. The molecule has 2 rings (SSSR count). The van der Waals surface area contributed by atoms with Crippen LogP contribution in [0.25, 0.3) is 0 Å². The molecule has 0 radical (unpaired) electrons. The normalized spacial score (nSPS) is 18.8. The Morgan fingerprint density at radius 2 is 1.59 bits per heavy atom. The third-order valence-electron chi connectivity index (χ3n) is 3.32. The fourth-order valence-corrected chi connectivity index (χ4v) is 2.21. The fourth-order valence-electron chi connectivity index (χ4n) is 2.21. The summed E-state index contributed by atoms with van der Waals surface area (Å²) in [5, 5.41) is 13.9. The third kappa shape index (κ3) is 2.53. The van der Waals surface area contributed by atoms with E-state index in [4.69, 9.17) is 9.47 Å². The maximum Gasteiger partial charge on any atom is 0.122 e. The molecule has 0 spiro atoms.